The van der Waals surface area contributed by atoms with E-state index < -0.39 is 6.03 Å². The molecule has 0 saturated carbocycles. The Bertz CT molecular complexity index is 1390. The van der Waals surface area contributed by atoms with E-state index in [-0.39, 0.29) is 17.6 Å². The van der Waals surface area contributed by atoms with Gasteiger partial charge in [0.25, 0.3) is 5.91 Å². The number of primary amides is 1. The smallest absolute Gasteiger partial charge is 0.319 e. The predicted molar refractivity (Wildman–Crippen MR) is 129 cm³/mol. The van der Waals surface area contributed by atoms with Crippen LogP contribution in [0.25, 0.3) is 10.9 Å². The number of anilines is 1. The number of aromatic amines is 1. The lowest BCUT2D eigenvalue weighted by Crippen LogP contribution is -2.34. The van der Waals surface area contributed by atoms with E-state index in [4.69, 9.17) is 10.5 Å². The first-order valence-electron chi connectivity index (χ1n) is 11.3. The van der Waals surface area contributed by atoms with Gasteiger partial charge in [-0.05, 0) is 60.9 Å². The second-order valence-corrected chi connectivity index (χ2v) is 8.61. The molecule has 0 saturated heterocycles. The van der Waals surface area contributed by atoms with Gasteiger partial charge >= 0.3 is 6.03 Å². The first kappa shape index (κ1) is 21.8. The quantitative estimate of drug-likeness (QED) is 0.617. The van der Waals surface area contributed by atoms with Gasteiger partial charge in [-0.15, -0.1) is 0 Å². The van der Waals surface area contributed by atoms with Gasteiger partial charge in [0.1, 0.15) is 11.4 Å². The van der Waals surface area contributed by atoms with Crippen LogP contribution in [0.1, 0.15) is 51.7 Å². The largest absolute Gasteiger partial charge is 0.497 e. The van der Waals surface area contributed by atoms with Gasteiger partial charge in [-0.2, -0.15) is 0 Å². The molecule has 3 aromatic rings. The number of hydrogen-bond donors (Lipinski definition) is 2. The molecule has 0 radical (unpaired) electrons. The Morgan fingerprint density at radius 2 is 2.03 bits per heavy atom. The highest BCUT2D eigenvalue weighted by Crippen LogP contribution is 2.38. The fourth-order valence-electron chi connectivity index (χ4n) is 5.10. The molecule has 5 rings (SSSR count). The Labute approximate surface area is 197 Å². The van der Waals surface area contributed by atoms with Crippen LogP contribution in [-0.4, -0.2) is 47.8 Å². The highest BCUT2D eigenvalue weighted by Gasteiger charge is 2.32. The number of nitrogens with zero attached hydrogens (tertiary/aromatic N) is 2. The number of carbonyl (C=O) groups excluding carboxylic acids is 3. The minimum absolute atomic E-state index is 0.127. The minimum Gasteiger partial charge on any atom is -0.497 e. The minimum atomic E-state index is -0.484. The Balaban J connectivity index is 1.51. The molecule has 0 spiro atoms. The number of hydrogen-bond acceptors (Lipinski definition) is 4. The third-order valence-corrected chi connectivity index (χ3v) is 6.85. The summed E-state index contributed by atoms with van der Waals surface area (Å²) in [5.41, 5.74) is 10.7. The third-order valence-electron chi connectivity index (χ3n) is 6.85. The molecule has 2 heterocycles. The maximum absolute atomic E-state index is 13.6. The summed E-state index contributed by atoms with van der Waals surface area (Å²) < 4.78 is 5.35. The molecule has 1 aliphatic heterocycles. The fraction of sp³-hybridized carbons (Fsp3) is 0.269. The van der Waals surface area contributed by atoms with Crippen molar-refractivity contribution in [2.45, 2.75) is 26.2 Å². The molecule has 34 heavy (non-hydrogen) atoms. The SMILES string of the molecule is CCN(C(=O)c1cc2c3c(ccc2[nH]1)N(C(N)=O)CC3)C1=CC(=O)c2ccc(OC)cc2C1C. The van der Waals surface area contributed by atoms with Crippen molar-refractivity contribution in [3.8, 4) is 5.75 Å². The van der Waals surface area contributed by atoms with Crippen LogP contribution in [0.2, 0.25) is 0 Å². The van der Waals surface area contributed by atoms with Crippen LogP contribution >= 0.6 is 0 Å². The molecular weight excluding hydrogens is 432 g/mol. The topological polar surface area (TPSA) is 109 Å². The summed E-state index contributed by atoms with van der Waals surface area (Å²) in [6.07, 6.45) is 2.24. The molecule has 8 heteroatoms. The van der Waals surface area contributed by atoms with Gasteiger partial charge in [0, 0.05) is 52.9 Å². The molecule has 8 nitrogen and oxygen atoms in total. The molecule has 1 aromatic heterocycles. The first-order valence-corrected chi connectivity index (χ1v) is 11.3. The Morgan fingerprint density at radius 1 is 1.24 bits per heavy atom. The third kappa shape index (κ3) is 3.25. The number of nitrogens with one attached hydrogen (secondary N) is 1. The predicted octanol–water partition coefficient (Wildman–Crippen LogP) is 3.96. The van der Waals surface area contributed by atoms with Gasteiger partial charge in [-0.3, -0.25) is 14.5 Å². The molecule has 1 atom stereocenters. The summed E-state index contributed by atoms with van der Waals surface area (Å²) in [5, 5.41) is 0.900. The van der Waals surface area contributed by atoms with E-state index >= 15 is 0 Å². The summed E-state index contributed by atoms with van der Waals surface area (Å²) in [6, 6.07) is 10.5. The van der Waals surface area contributed by atoms with Gasteiger partial charge in [0.05, 0.1) is 7.11 Å². The molecule has 2 aromatic carbocycles. The summed E-state index contributed by atoms with van der Waals surface area (Å²) in [4.78, 5) is 44.7. The maximum atomic E-state index is 13.6. The van der Waals surface area contributed by atoms with Crippen LogP contribution in [-0.2, 0) is 6.42 Å². The lowest BCUT2D eigenvalue weighted by Gasteiger charge is -2.31. The lowest BCUT2D eigenvalue weighted by molar-refractivity contribution is 0.0798. The van der Waals surface area contributed by atoms with Crippen LogP contribution < -0.4 is 15.4 Å². The van der Waals surface area contributed by atoms with Gasteiger partial charge in [0.2, 0.25) is 0 Å². The van der Waals surface area contributed by atoms with Crippen LogP contribution in [0.15, 0.2) is 48.2 Å². The molecule has 2 aliphatic rings. The zero-order valence-electron chi connectivity index (χ0n) is 19.3. The molecule has 174 valence electrons. The van der Waals surface area contributed by atoms with E-state index in [1.54, 1.807) is 35.1 Å². The summed E-state index contributed by atoms with van der Waals surface area (Å²) in [5.74, 6) is 0.167. The molecule has 0 fully saturated rings. The van der Waals surface area contributed by atoms with E-state index in [0.717, 1.165) is 27.7 Å². The fourth-order valence-corrected chi connectivity index (χ4v) is 5.10. The highest BCUT2D eigenvalue weighted by atomic mass is 16.5. The number of ketones is 1. The van der Waals surface area contributed by atoms with Crippen LogP contribution in [0.4, 0.5) is 10.5 Å². The van der Waals surface area contributed by atoms with E-state index in [1.165, 1.54) is 0 Å². The van der Waals surface area contributed by atoms with E-state index in [1.807, 2.05) is 38.1 Å². The number of aromatic nitrogens is 1. The van der Waals surface area contributed by atoms with Crippen LogP contribution in [0.5, 0.6) is 5.75 Å². The number of methoxy groups -OCH3 is 1. The summed E-state index contributed by atoms with van der Waals surface area (Å²) >= 11 is 0. The number of carbonyl (C=O) groups is 3. The van der Waals surface area contributed by atoms with E-state index in [9.17, 15) is 14.4 Å². The Kier molecular flexibility index (Phi) is 5.16. The van der Waals surface area contributed by atoms with Gasteiger partial charge in [0.15, 0.2) is 5.78 Å². The molecule has 3 N–H and O–H groups in total. The van der Waals surface area contributed by atoms with Gasteiger partial charge in [-0.25, -0.2) is 4.79 Å². The van der Waals surface area contributed by atoms with Crippen LogP contribution in [0.3, 0.4) is 0 Å². The Morgan fingerprint density at radius 3 is 2.74 bits per heavy atom. The number of H-pyrrole nitrogens is 1. The van der Waals surface area contributed by atoms with Crippen LogP contribution in [0, 0.1) is 0 Å². The number of ether oxygens (including phenoxy) is 1. The van der Waals surface area contributed by atoms with Crippen molar-refractivity contribution >= 4 is 34.3 Å². The first-order chi connectivity index (χ1) is 16.3. The van der Waals surface area contributed by atoms with Crippen molar-refractivity contribution in [1.82, 2.24) is 9.88 Å². The van der Waals surface area contributed by atoms with Gasteiger partial charge in [-0.1, -0.05) is 6.92 Å². The zero-order chi connectivity index (χ0) is 24.1. The number of urea groups is 1. The van der Waals surface area contributed by atoms with Gasteiger partial charge < -0.3 is 20.4 Å². The second-order valence-electron chi connectivity index (χ2n) is 8.61. The van der Waals surface area contributed by atoms with E-state index in [2.05, 4.69) is 4.98 Å². The van der Waals surface area contributed by atoms with Crippen molar-refractivity contribution < 1.29 is 19.1 Å². The highest BCUT2D eigenvalue weighted by molar-refractivity contribution is 6.09. The van der Waals surface area contributed by atoms with Crippen molar-refractivity contribution in [2.24, 2.45) is 5.73 Å². The van der Waals surface area contributed by atoms with Crippen molar-refractivity contribution in [3.63, 3.8) is 0 Å². The number of allylic oxidation sites excluding steroid dienone is 2. The van der Waals surface area contributed by atoms with Crippen molar-refractivity contribution in [3.05, 3.63) is 70.6 Å². The number of rotatable bonds is 4. The number of likely N-dealkylation sites (N-methyl/N-ethyl adjacent to an activating group) is 1. The summed E-state index contributed by atoms with van der Waals surface area (Å²) in [7, 11) is 1.59. The number of benzene rings is 2. The van der Waals surface area contributed by atoms with Crippen molar-refractivity contribution in [2.75, 3.05) is 25.1 Å². The number of amides is 3. The second kappa shape index (κ2) is 8.06. The Hall–Kier alpha value is -4.07. The molecule has 3 amide bonds. The lowest BCUT2D eigenvalue weighted by atomic mass is 9.85. The molecule has 1 unspecified atom stereocenters. The molecular formula is C26H26N4O4. The average molecular weight is 459 g/mol. The van der Waals surface area contributed by atoms with E-state index in [0.29, 0.717) is 42.2 Å². The monoisotopic (exact) mass is 458 g/mol. The number of nitrogens with two attached hydrogens (primary N) is 1. The maximum Gasteiger partial charge on any atom is 0.319 e. The standard InChI is InChI=1S/C26H26N4O4/c1-4-29(23-13-24(31)17-6-5-15(34-3)11-18(17)14(23)2)25(32)21-12-19-16-9-10-30(26(27)33)22(16)8-7-20(19)28-21/h5-8,11-14,28H,4,9-10H2,1-3H3,(H2,27,33). The van der Waals surface area contributed by atoms with Crippen molar-refractivity contribution in [1.29, 1.82) is 0 Å². The summed E-state index contributed by atoms with van der Waals surface area (Å²) in [6.45, 7) is 4.81. The normalized spacial score (nSPS) is 16.8. The number of fused-ring (bicyclic) bond motifs is 4. The average Bonchev–Trinajstić information content (AvgIpc) is 3.46. The molecule has 1 aliphatic carbocycles. The zero-order valence-corrected chi connectivity index (χ0v) is 19.3. The molecule has 0 bridgehead atoms.